The molecule has 0 aromatic heterocycles. The van der Waals surface area contributed by atoms with Crippen molar-refractivity contribution < 1.29 is 27.4 Å². The van der Waals surface area contributed by atoms with Gasteiger partial charge in [-0.05, 0) is 41.8 Å². The van der Waals surface area contributed by atoms with Crippen molar-refractivity contribution in [3.05, 3.63) is 47.8 Å². The van der Waals surface area contributed by atoms with Crippen LogP contribution in [-0.4, -0.2) is 11.5 Å². The summed E-state index contributed by atoms with van der Waals surface area (Å²) >= 11 is 0. The predicted molar refractivity (Wildman–Crippen MR) is 64.9 cm³/mol. The fourth-order valence-electron chi connectivity index (χ4n) is 1.85. The summed E-state index contributed by atoms with van der Waals surface area (Å²) in [6, 6.07) is 7.40. The molecule has 0 unspecified atom stereocenters. The highest BCUT2D eigenvalue weighted by atomic mass is 19.4. The number of benzene rings is 2. The second-order valence-electron chi connectivity index (χ2n) is 4.18. The maximum atomic E-state index is 13.5. The summed E-state index contributed by atoms with van der Waals surface area (Å²) < 4.78 is 53.8. The average molecular weight is 286 g/mol. The van der Waals surface area contributed by atoms with Crippen LogP contribution in [-0.2, 0) is 0 Å². The Hall–Kier alpha value is -2.24. The van der Waals surface area contributed by atoms with Crippen molar-refractivity contribution in [2.24, 2.45) is 0 Å². The van der Waals surface area contributed by atoms with Crippen LogP contribution in [0, 0.1) is 12.7 Å². The summed E-state index contributed by atoms with van der Waals surface area (Å²) in [6.07, 6.45) is -4.86. The van der Waals surface area contributed by atoms with Crippen LogP contribution in [0.4, 0.5) is 17.6 Å². The van der Waals surface area contributed by atoms with Gasteiger partial charge in [-0.1, -0.05) is 12.1 Å². The summed E-state index contributed by atoms with van der Waals surface area (Å²) in [6.45, 7) is 1.50. The highest BCUT2D eigenvalue weighted by molar-refractivity contribution is 5.70. The summed E-state index contributed by atoms with van der Waals surface area (Å²) in [4.78, 5) is 0. The van der Waals surface area contributed by atoms with Crippen LogP contribution in [0.25, 0.3) is 11.1 Å². The highest BCUT2D eigenvalue weighted by Gasteiger charge is 2.31. The Morgan fingerprint density at radius 3 is 2.45 bits per heavy atom. The molecule has 0 saturated heterocycles. The first-order chi connectivity index (χ1) is 9.26. The number of rotatable bonds is 2. The monoisotopic (exact) mass is 286 g/mol. The van der Waals surface area contributed by atoms with Gasteiger partial charge in [-0.2, -0.15) is 0 Å². The molecule has 6 heteroatoms. The molecule has 0 heterocycles. The third kappa shape index (κ3) is 3.20. The van der Waals surface area contributed by atoms with Crippen molar-refractivity contribution in [3.8, 4) is 22.6 Å². The number of halogens is 4. The minimum Gasteiger partial charge on any atom is -0.508 e. The zero-order valence-corrected chi connectivity index (χ0v) is 10.3. The molecule has 20 heavy (non-hydrogen) atoms. The van der Waals surface area contributed by atoms with E-state index in [2.05, 4.69) is 4.74 Å². The lowest BCUT2D eigenvalue weighted by atomic mass is 10.00. The fraction of sp³-hybridized carbons (Fsp3) is 0.143. The number of aromatic hydroxyl groups is 1. The van der Waals surface area contributed by atoms with Crippen LogP contribution < -0.4 is 4.74 Å². The van der Waals surface area contributed by atoms with E-state index in [4.69, 9.17) is 0 Å². The lowest BCUT2D eigenvalue weighted by Crippen LogP contribution is -2.17. The SMILES string of the molecule is Cc1c(F)cccc1-c1cc(O)cc(OC(F)(F)F)c1. The van der Waals surface area contributed by atoms with Gasteiger partial charge in [-0.15, -0.1) is 13.2 Å². The average Bonchev–Trinajstić information content (AvgIpc) is 2.29. The molecule has 0 aliphatic carbocycles. The molecule has 0 saturated carbocycles. The van der Waals surface area contributed by atoms with E-state index in [1.165, 1.54) is 25.1 Å². The molecule has 0 bridgehead atoms. The van der Waals surface area contributed by atoms with E-state index in [0.717, 1.165) is 12.1 Å². The Morgan fingerprint density at radius 2 is 1.80 bits per heavy atom. The molecule has 106 valence electrons. The Balaban J connectivity index is 2.50. The van der Waals surface area contributed by atoms with Crippen LogP contribution >= 0.6 is 0 Å². The van der Waals surface area contributed by atoms with Crippen LogP contribution in [0.2, 0.25) is 0 Å². The largest absolute Gasteiger partial charge is 0.573 e. The maximum absolute atomic E-state index is 13.5. The summed E-state index contributed by atoms with van der Waals surface area (Å²) in [5, 5.41) is 9.47. The highest BCUT2D eigenvalue weighted by Crippen LogP contribution is 2.34. The molecule has 2 rings (SSSR count). The normalized spacial score (nSPS) is 11.4. The Labute approximate surface area is 112 Å². The van der Waals surface area contributed by atoms with Gasteiger partial charge in [0.15, 0.2) is 0 Å². The van der Waals surface area contributed by atoms with Gasteiger partial charge in [-0.3, -0.25) is 0 Å². The number of hydrogen-bond donors (Lipinski definition) is 1. The lowest BCUT2D eigenvalue weighted by Gasteiger charge is -2.12. The molecule has 0 spiro atoms. The zero-order valence-electron chi connectivity index (χ0n) is 10.3. The molecule has 0 aliphatic rings. The van der Waals surface area contributed by atoms with Crippen LogP contribution in [0.5, 0.6) is 11.5 Å². The van der Waals surface area contributed by atoms with Crippen molar-refractivity contribution in [3.63, 3.8) is 0 Å². The summed E-state index contributed by atoms with van der Waals surface area (Å²) in [7, 11) is 0. The predicted octanol–water partition coefficient (Wildman–Crippen LogP) is 4.41. The zero-order chi connectivity index (χ0) is 14.9. The molecule has 1 N–H and O–H groups in total. The number of alkyl halides is 3. The van der Waals surface area contributed by atoms with Gasteiger partial charge in [0, 0.05) is 6.07 Å². The quantitative estimate of drug-likeness (QED) is 0.829. The smallest absolute Gasteiger partial charge is 0.508 e. The third-order valence-corrected chi connectivity index (χ3v) is 2.70. The van der Waals surface area contributed by atoms with E-state index in [1.807, 2.05) is 0 Å². The minimum absolute atomic E-state index is 0.237. The summed E-state index contributed by atoms with van der Waals surface area (Å²) in [5.41, 5.74) is 0.894. The number of phenols is 1. The molecule has 0 amide bonds. The van der Waals surface area contributed by atoms with Crippen LogP contribution in [0.15, 0.2) is 36.4 Å². The molecule has 0 aliphatic heterocycles. The second-order valence-corrected chi connectivity index (χ2v) is 4.18. The molecule has 0 fully saturated rings. The van der Waals surface area contributed by atoms with E-state index in [1.54, 1.807) is 6.07 Å². The molecule has 0 atom stereocenters. The van der Waals surface area contributed by atoms with Crippen molar-refractivity contribution in [1.82, 2.24) is 0 Å². The van der Waals surface area contributed by atoms with E-state index < -0.39 is 23.7 Å². The van der Waals surface area contributed by atoms with Gasteiger partial charge in [0.1, 0.15) is 17.3 Å². The Bertz CT molecular complexity index is 636. The molecule has 2 nitrogen and oxygen atoms in total. The Morgan fingerprint density at radius 1 is 1.10 bits per heavy atom. The maximum Gasteiger partial charge on any atom is 0.573 e. The van der Waals surface area contributed by atoms with Crippen LogP contribution in [0.3, 0.4) is 0 Å². The first-order valence-corrected chi connectivity index (χ1v) is 5.61. The van der Waals surface area contributed by atoms with Gasteiger partial charge < -0.3 is 9.84 Å². The van der Waals surface area contributed by atoms with E-state index in [0.29, 0.717) is 5.56 Å². The fourth-order valence-corrected chi connectivity index (χ4v) is 1.85. The molecular formula is C14H10F4O2. The third-order valence-electron chi connectivity index (χ3n) is 2.70. The lowest BCUT2D eigenvalue weighted by molar-refractivity contribution is -0.274. The van der Waals surface area contributed by atoms with E-state index in [9.17, 15) is 22.7 Å². The Kier molecular flexibility index (Phi) is 3.57. The van der Waals surface area contributed by atoms with Gasteiger partial charge >= 0.3 is 6.36 Å². The molecule has 2 aromatic carbocycles. The van der Waals surface area contributed by atoms with E-state index >= 15 is 0 Å². The second kappa shape index (κ2) is 5.03. The van der Waals surface area contributed by atoms with Gasteiger partial charge in [-0.25, -0.2) is 4.39 Å². The standard InChI is InChI=1S/C14H10F4O2/c1-8-12(3-2-4-13(8)15)9-5-10(19)7-11(6-9)20-14(16,17)18/h2-7,19H,1H3. The van der Waals surface area contributed by atoms with Crippen molar-refractivity contribution in [1.29, 1.82) is 0 Å². The van der Waals surface area contributed by atoms with Crippen molar-refractivity contribution >= 4 is 0 Å². The molecular weight excluding hydrogens is 276 g/mol. The number of phenolic OH excluding ortho intramolecular Hbond substituents is 1. The van der Waals surface area contributed by atoms with Gasteiger partial charge in [0.05, 0.1) is 0 Å². The topological polar surface area (TPSA) is 29.5 Å². The van der Waals surface area contributed by atoms with Gasteiger partial charge in [0.2, 0.25) is 0 Å². The number of ether oxygens (including phenoxy) is 1. The van der Waals surface area contributed by atoms with Crippen molar-refractivity contribution in [2.75, 3.05) is 0 Å². The van der Waals surface area contributed by atoms with Crippen LogP contribution in [0.1, 0.15) is 5.56 Å². The molecule has 2 aromatic rings. The number of hydrogen-bond acceptors (Lipinski definition) is 2. The first kappa shape index (κ1) is 14.2. The molecule has 0 radical (unpaired) electrons. The van der Waals surface area contributed by atoms with Gasteiger partial charge in [0.25, 0.3) is 0 Å². The van der Waals surface area contributed by atoms with Crippen molar-refractivity contribution in [2.45, 2.75) is 13.3 Å². The summed E-state index contributed by atoms with van der Waals surface area (Å²) in [5.74, 6) is -1.44. The first-order valence-electron chi connectivity index (χ1n) is 5.61. The van der Waals surface area contributed by atoms with E-state index in [-0.39, 0.29) is 11.1 Å². The minimum atomic E-state index is -4.86.